The van der Waals surface area contributed by atoms with Gasteiger partial charge in [0.25, 0.3) is 0 Å². The molecule has 2 aromatic carbocycles. The molecule has 4 aromatic rings. The highest BCUT2D eigenvalue weighted by Gasteiger charge is 2.11. The number of furan rings is 1. The van der Waals surface area contributed by atoms with Crippen molar-refractivity contribution in [1.82, 2.24) is 9.97 Å². The van der Waals surface area contributed by atoms with Gasteiger partial charge in [-0.3, -0.25) is 0 Å². The number of allylic oxidation sites excluding steroid dienone is 1. The van der Waals surface area contributed by atoms with E-state index in [9.17, 15) is 10.1 Å². The first-order valence-electron chi connectivity index (χ1n) is 8.53. The molecule has 0 radical (unpaired) electrons. The summed E-state index contributed by atoms with van der Waals surface area (Å²) in [4.78, 5) is 19.1. The molecular weight excluding hydrogens is 354 g/mol. The number of H-pyrrole nitrogens is 1. The molecule has 0 atom stereocenters. The molecule has 0 aliphatic rings. The number of hydrogen-bond acceptors (Lipinski definition) is 5. The van der Waals surface area contributed by atoms with Gasteiger partial charge in [0.2, 0.25) is 0 Å². The van der Waals surface area contributed by atoms with Crippen molar-refractivity contribution in [3.8, 4) is 17.4 Å². The van der Waals surface area contributed by atoms with Crippen molar-refractivity contribution in [1.29, 1.82) is 5.26 Å². The first-order chi connectivity index (χ1) is 13.7. The molecule has 2 heterocycles. The Hall–Kier alpha value is -4.11. The predicted octanol–water partition coefficient (Wildman–Crippen LogP) is 4.67. The van der Waals surface area contributed by atoms with E-state index >= 15 is 0 Å². The number of hydrogen-bond donors (Lipinski definition) is 1. The molecule has 0 unspecified atom stereocenters. The van der Waals surface area contributed by atoms with E-state index in [1.165, 1.54) is 7.11 Å². The monoisotopic (exact) mass is 369 g/mol. The fourth-order valence-corrected chi connectivity index (χ4v) is 2.85. The molecule has 0 saturated carbocycles. The maximum atomic E-state index is 11.5. The molecule has 0 spiro atoms. The lowest BCUT2D eigenvalue weighted by molar-refractivity contribution is 0.0600. The molecule has 28 heavy (non-hydrogen) atoms. The number of methoxy groups -OCH3 is 1. The van der Waals surface area contributed by atoms with Gasteiger partial charge in [0, 0.05) is 11.6 Å². The number of imidazole rings is 1. The third-order valence-corrected chi connectivity index (χ3v) is 4.27. The van der Waals surface area contributed by atoms with Gasteiger partial charge in [-0.25, -0.2) is 9.78 Å². The molecular formula is C22H15N3O3. The number of ether oxygens (including phenoxy) is 1. The summed E-state index contributed by atoms with van der Waals surface area (Å²) in [5, 5.41) is 9.53. The summed E-state index contributed by atoms with van der Waals surface area (Å²) in [6.45, 7) is 0. The van der Waals surface area contributed by atoms with Crippen LogP contribution in [0.15, 0.2) is 65.1 Å². The highest BCUT2D eigenvalue weighted by Crippen LogP contribution is 2.25. The number of aromatic nitrogens is 2. The number of para-hydroxylation sites is 2. The van der Waals surface area contributed by atoms with Crippen LogP contribution in [-0.4, -0.2) is 23.0 Å². The van der Waals surface area contributed by atoms with Gasteiger partial charge < -0.3 is 14.1 Å². The molecule has 0 aliphatic heterocycles. The Labute approximate surface area is 160 Å². The van der Waals surface area contributed by atoms with Crippen LogP contribution in [0.25, 0.3) is 34.0 Å². The van der Waals surface area contributed by atoms with Gasteiger partial charge in [0.15, 0.2) is 0 Å². The van der Waals surface area contributed by atoms with Crippen molar-refractivity contribution in [3.05, 3.63) is 77.8 Å². The van der Waals surface area contributed by atoms with Gasteiger partial charge in [0.1, 0.15) is 23.4 Å². The Morgan fingerprint density at radius 3 is 2.64 bits per heavy atom. The number of rotatable bonds is 4. The number of nitriles is 1. The summed E-state index contributed by atoms with van der Waals surface area (Å²) in [5.41, 5.74) is 3.32. The second-order valence-corrected chi connectivity index (χ2v) is 6.04. The summed E-state index contributed by atoms with van der Waals surface area (Å²) < 4.78 is 10.5. The first kappa shape index (κ1) is 17.3. The average Bonchev–Trinajstić information content (AvgIpc) is 3.38. The zero-order chi connectivity index (χ0) is 19.5. The summed E-state index contributed by atoms with van der Waals surface area (Å²) in [6.07, 6.45) is 1.64. The number of carbonyl (C=O) groups is 1. The Morgan fingerprint density at radius 2 is 1.93 bits per heavy atom. The van der Waals surface area contributed by atoms with E-state index in [0.29, 0.717) is 28.5 Å². The van der Waals surface area contributed by atoms with Crippen LogP contribution in [0.3, 0.4) is 0 Å². The zero-order valence-corrected chi connectivity index (χ0v) is 15.0. The Balaban J connectivity index is 1.62. The molecule has 0 fully saturated rings. The summed E-state index contributed by atoms with van der Waals surface area (Å²) in [5.74, 6) is 1.26. The molecule has 136 valence electrons. The fraction of sp³-hybridized carbons (Fsp3) is 0.0455. The van der Waals surface area contributed by atoms with Crippen molar-refractivity contribution in [2.75, 3.05) is 7.11 Å². The number of fused-ring (bicyclic) bond motifs is 1. The highest BCUT2D eigenvalue weighted by molar-refractivity contribution is 5.90. The topological polar surface area (TPSA) is 91.9 Å². The van der Waals surface area contributed by atoms with Gasteiger partial charge in [-0.15, -0.1) is 0 Å². The number of nitrogens with zero attached hydrogens (tertiary/aromatic N) is 2. The minimum absolute atomic E-state index is 0.373. The van der Waals surface area contributed by atoms with E-state index in [2.05, 4.69) is 16.0 Å². The lowest BCUT2D eigenvalue weighted by Crippen LogP contribution is -2.00. The number of benzene rings is 2. The van der Waals surface area contributed by atoms with Crippen LogP contribution < -0.4 is 0 Å². The van der Waals surface area contributed by atoms with E-state index in [-0.39, 0.29) is 5.97 Å². The van der Waals surface area contributed by atoms with Crippen LogP contribution in [0.5, 0.6) is 0 Å². The van der Waals surface area contributed by atoms with Crippen LogP contribution in [0.2, 0.25) is 0 Å². The van der Waals surface area contributed by atoms with Crippen molar-refractivity contribution < 1.29 is 13.9 Å². The van der Waals surface area contributed by atoms with Crippen LogP contribution in [0, 0.1) is 11.3 Å². The molecule has 6 nitrogen and oxygen atoms in total. The van der Waals surface area contributed by atoms with Crippen molar-refractivity contribution in [3.63, 3.8) is 0 Å². The predicted molar refractivity (Wildman–Crippen MR) is 105 cm³/mol. The van der Waals surface area contributed by atoms with E-state index in [1.807, 2.05) is 30.3 Å². The minimum Gasteiger partial charge on any atom is -0.465 e. The lowest BCUT2D eigenvalue weighted by atomic mass is 10.1. The van der Waals surface area contributed by atoms with E-state index in [4.69, 9.17) is 9.15 Å². The number of aromatic amines is 1. The SMILES string of the molecule is COC(=O)c1ccc(-c2ccc(/C=C(/C#N)c3nc4ccccc4[nH]3)o2)cc1. The first-order valence-corrected chi connectivity index (χ1v) is 8.53. The van der Waals surface area contributed by atoms with Gasteiger partial charge >= 0.3 is 5.97 Å². The Kier molecular flexibility index (Phi) is 4.48. The van der Waals surface area contributed by atoms with Crippen molar-refractivity contribution in [2.24, 2.45) is 0 Å². The molecule has 0 amide bonds. The summed E-state index contributed by atoms with van der Waals surface area (Å²) >= 11 is 0. The standard InChI is InChI=1S/C22H15N3O3/c1-27-22(26)15-8-6-14(7-9-15)20-11-10-17(28-20)12-16(13-23)21-24-18-4-2-3-5-19(18)25-21/h2-12H,1H3,(H,24,25)/b16-12-. The second-order valence-electron chi connectivity index (χ2n) is 6.04. The normalized spacial score (nSPS) is 11.4. The Bertz CT molecular complexity index is 1190. The van der Waals surface area contributed by atoms with E-state index in [1.54, 1.807) is 36.4 Å². The van der Waals surface area contributed by atoms with E-state index < -0.39 is 0 Å². The molecule has 4 rings (SSSR count). The van der Waals surface area contributed by atoms with Gasteiger partial charge in [-0.2, -0.15) is 5.26 Å². The van der Waals surface area contributed by atoms with Crippen LogP contribution in [0.1, 0.15) is 21.9 Å². The zero-order valence-electron chi connectivity index (χ0n) is 15.0. The fourth-order valence-electron chi connectivity index (χ4n) is 2.85. The van der Waals surface area contributed by atoms with Crippen LogP contribution in [-0.2, 0) is 4.74 Å². The second kappa shape index (κ2) is 7.25. The molecule has 0 bridgehead atoms. The molecule has 6 heteroatoms. The smallest absolute Gasteiger partial charge is 0.337 e. The average molecular weight is 369 g/mol. The van der Waals surface area contributed by atoms with Gasteiger partial charge in [-0.05, 0) is 36.4 Å². The van der Waals surface area contributed by atoms with Gasteiger partial charge in [-0.1, -0.05) is 24.3 Å². The van der Waals surface area contributed by atoms with Gasteiger partial charge in [0.05, 0.1) is 29.3 Å². The highest BCUT2D eigenvalue weighted by atomic mass is 16.5. The third kappa shape index (κ3) is 3.29. The minimum atomic E-state index is -0.390. The number of carbonyl (C=O) groups excluding carboxylic acids is 1. The Morgan fingerprint density at radius 1 is 1.14 bits per heavy atom. The molecule has 0 aliphatic carbocycles. The number of esters is 1. The van der Waals surface area contributed by atoms with E-state index in [0.717, 1.165) is 16.6 Å². The third-order valence-electron chi connectivity index (χ3n) is 4.27. The van der Waals surface area contributed by atoms with Crippen LogP contribution in [0.4, 0.5) is 0 Å². The maximum absolute atomic E-state index is 11.5. The molecule has 1 N–H and O–H groups in total. The maximum Gasteiger partial charge on any atom is 0.337 e. The summed E-state index contributed by atoms with van der Waals surface area (Å²) in [7, 11) is 1.34. The van der Waals surface area contributed by atoms with Crippen molar-refractivity contribution in [2.45, 2.75) is 0 Å². The van der Waals surface area contributed by atoms with Crippen molar-refractivity contribution >= 4 is 28.7 Å². The molecule has 2 aromatic heterocycles. The lowest BCUT2D eigenvalue weighted by Gasteiger charge is -2.00. The largest absolute Gasteiger partial charge is 0.465 e. The number of nitrogens with one attached hydrogen (secondary N) is 1. The quantitative estimate of drug-likeness (QED) is 0.417. The molecule has 0 saturated heterocycles. The van der Waals surface area contributed by atoms with Crippen LogP contribution >= 0.6 is 0 Å². The summed E-state index contributed by atoms with van der Waals surface area (Å²) in [6, 6.07) is 20.3.